The van der Waals surface area contributed by atoms with E-state index in [1.165, 1.54) is 16.0 Å². The van der Waals surface area contributed by atoms with Crippen LogP contribution in [0.2, 0.25) is 0 Å². The number of thiophene rings is 1. The Kier molecular flexibility index (Phi) is 9.13. The summed E-state index contributed by atoms with van der Waals surface area (Å²) in [5.74, 6) is 1.75. The molecule has 0 atom stereocenters. The number of hydrogen-bond acceptors (Lipinski definition) is 3. The van der Waals surface area contributed by atoms with Crippen LogP contribution in [0.4, 0.5) is 0 Å². The number of aryl methyl sites for hydroxylation is 2. The van der Waals surface area contributed by atoms with Crippen molar-refractivity contribution in [1.29, 1.82) is 0 Å². The fourth-order valence-electron chi connectivity index (χ4n) is 2.30. The topological polar surface area (TPSA) is 45.7 Å². The highest BCUT2D eigenvalue weighted by Crippen LogP contribution is 2.19. The number of hydrogen-bond donors (Lipinski definition) is 2. The van der Waals surface area contributed by atoms with Crippen molar-refractivity contribution in [2.24, 2.45) is 4.99 Å². The van der Waals surface area contributed by atoms with Crippen molar-refractivity contribution in [3.05, 3.63) is 51.2 Å². The second-order valence-corrected chi connectivity index (χ2v) is 6.38. The van der Waals surface area contributed by atoms with Crippen LogP contribution in [0.1, 0.15) is 28.5 Å². The minimum Gasteiger partial charge on any atom is -0.496 e. The quantitative estimate of drug-likeness (QED) is 0.386. The van der Waals surface area contributed by atoms with Gasteiger partial charge in [0.15, 0.2) is 5.96 Å². The summed E-state index contributed by atoms with van der Waals surface area (Å²) in [6.45, 7) is 8.55. The number of ether oxygens (including phenoxy) is 1. The van der Waals surface area contributed by atoms with Crippen molar-refractivity contribution in [2.75, 3.05) is 13.7 Å². The molecular weight excluding hydrogens is 433 g/mol. The van der Waals surface area contributed by atoms with Crippen LogP contribution in [0.15, 0.2) is 34.6 Å². The Hall–Kier alpha value is -1.28. The molecule has 0 saturated carbocycles. The third kappa shape index (κ3) is 5.98. The van der Waals surface area contributed by atoms with Crippen molar-refractivity contribution in [2.45, 2.75) is 33.9 Å². The summed E-state index contributed by atoms with van der Waals surface area (Å²) < 4.78 is 5.30. The van der Waals surface area contributed by atoms with Crippen LogP contribution in [0, 0.1) is 13.8 Å². The lowest BCUT2D eigenvalue weighted by molar-refractivity contribution is 0.411. The molecule has 6 heteroatoms. The van der Waals surface area contributed by atoms with E-state index in [4.69, 9.17) is 4.74 Å². The molecule has 2 rings (SSSR count). The van der Waals surface area contributed by atoms with Crippen LogP contribution in [0.5, 0.6) is 5.75 Å². The molecule has 0 radical (unpaired) electrons. The Balaban J connectivity index is 0.00000288. The Bertz CT molecular complexity index is 670. The molecule has 0 spiro atoms. The SMILES string of the molecule is CCNC(=NCc1ccc(OC)c(C)c1)NCc1sccc1C.I. The van der Waals surface area contributed by atoms with Crippen LogP contribution in [0.25, 0.3) is 0 Å². The predicted octanol–water partition coefficient (Wildman–Crippen LogP) is 4.25. The van der Waals surface area contributed by atoms with Crippen molar-refractivity contribution in [3.8, 4) is 5.75 Å². The van der Waals surface area contributed by atoms with E-state index in [0.29, 0.717) is 6.54 Å². The normalized spacial score (nSPS) is 10.9. The van der Waals surface area contributed by atoms with Gasteiger partial charge in [0.25, 0.3) is 0 Å². The highest BCUT2D eigenvalue weighted by molar-refractivity contribution is 14.0. The smallest absolute Gasteiger partial charge is 0.191 e. The number of rotatable bonds is 6. The van der Waals surface area contributed by atoms with E-state index in [-0.39, 0.29) is 24.0 Å². The van der Waals surface area contributed by atoms with Gasteiger partial charge in [-0.15, -0.1) is 35.3 Å². The standard InChI is InChI=1S/C18H25N3OS.HI/c1-5-19-18(21-12-17-13(2)8-9-23-17)20-11-15-6-7-16(22-4)14(3)10-15;/h6-10H,5,11-12H2,1-4H3,(H2,19,20,21);1H. The lowest BCUT2D eigenvalue weighted by atomic mass is 10.1. The fraction of sp³-hybridized carbons (Fsp3) is 0.389. The van der Waals surface area contributed by atoms with Gasteiger partial charge in [-0.3, -0.25) is 0 Å². The average molecular weight is 459 g/mol. The monoisotopic (exact) mass is 459 g/mol. The molecule has 132 valence electrons. The van der Waals surface area contributed by atoms with E-state index in [1.54, 1.807) is 18.4 Å². The van der Waals surface area contributed by atoms with E-state index >= 15 is 0 Å². The summed E-state index contributed by atoms with van der Waals surface area (Å²) in [6, 6.07) is 8.32. The first-order chi connectivity index (χ1) is 11.1. The molecule has 1 aromatic carbocycles. The number of guanidine groups is 1. The number of benzene rings is 1. The Morgan fingerprint density at radius 2 is 1.96 bits per heavy atom. The van der Waals surface area contributed by atoms with Crippen LogP contribution in [-0.2, 0) is 13.1 Å². The molecule has 1 aromatic heterocycles. The van der Waals surface area contributed by atoms with Crippen LogP contribution < -0.4 is 15.4 Å². The lowest BCUT2D eigenvalue weighted by Crippen LogP contribution is -2.36. The van der Waals surface area contributed by atoms with Gasteiger partial charge in [0.2, 0.25) is 0 Å². The molecule has 0 amide bonds. The molecular formula is C18H26IN3OS. The summed E-state index contributed by atoms with van der Waals surface area (Å²) in [5, 5.41) is 8.81. The summed E-state index contributed by atoms with van der Waals surface area (Å²) in [6.07, 6.45) is 0. The van der Waals surface area contributed by atoms with Crippen LogP contribution in [0.3, 0.4) is 0 Å². The van der Waals surface area contributed by atoms with E-state index in [9.17, 15) is 0 Å². The van der Waals surface area contributed by atoms with Crippen molar-refractivity contribution >= 4 is 41.3 Å². The van der Waals surface area contributed by atoms with Gasteiger partial charge < -0.3 is 15.4 Å². The molecule has 24 heavy (non-hydrogen) atoms. The minimum atomic E-state index is 0. The van der Waals surface area contributed by atoms with Crippen molar-refractivity contribution in [1.82, 2.24) is 10.6 Å². The van der Waals surface area contributed by atoms with E-state index in [0.717, 1.165) is 30.4 Å². The molecule has 0 unspecified atom stereocenters. The summed E-state index contributed by atoms with van der Waals surface area (Å²) in [4.78, 5) is 6.01. The summed E-state index contributed by atoms with van der Waals surface area (Å²) >= 11 is 1.77. The summed E-state index contributed by atoms with van der Waals surface area (Å²) in [5.41, 5.74) is 3.63. The highest BCUT2D eigenvalue weighted by atomic mass is 127. The number of nitrogens with zero attached hydrogens (tertiary/aromatic N) is 1. The maximum absolute atomic E-state index is 5.30. The van der Waals surface area contributed by atoms with Gasteiger partial charge in [-0.05, 0) is 55.0 Å². The molecule has 4 nitrogen and oxygen atoms in total. The van der Waals surface area contributed by atoms with Gasteiger partial charge >= 0.3 is 0 Å². The third-order valence-electron chi connectivity index (χ3n) is 3.61. The predicted molar refractivity (Wildman–Crippen MR) is 114 cm³/mol. The number of halogens is 1. The van der Waals surface area contributed by atoms with Crippen molar-refractivity contribution < 1.29 is 4.74 Å². The Labute approximate surface area is 165 Å². The molecule has 0 bridgehead atoms. The Morgan fingerprint density at radius 3 is 2.54 bits per heavy atom. The Morgan fingerprint density at radius 1 is 1.17 bits per heavy atom. The van der Waals surface area contributed by atoms with Gasteiger partial charge in [0.05, 0.1) is 20.2 Å². The molecule has 0 aliphatic carbocycles. The zero-order valence-electron chi connectivity index (χ0n) is 14.7. The number of aliphatic imine (C=N–C) groups is 1. The molecule has 0 aliphatic rings. The maximum Gasteiger partial charge on any atom is 0.191 e. The minimum absolute atomic E-state index is 0. The van der Waals surface area contributed by atoms with Gasteiger partial charge in [0.1, 0.15) is 5.75 Å². The highest BCUT2D eigenvalue weighted by Gasteiger charge is 2.03. The molecule has 0 saturated heterocycles. The van der Waals surface area contributed by atoms with Crippen molar-refractivity contribution in [3.63, 3.8) is 0 Å². The van der Waals surface area contributed by atoms with Crippen LogP contribution >= 0.6 is 35.3 Å². The largest absolute Gasteiger partial charge is 0.496 e. The number of methoxy groups -OCH3 is 1. The zero-order valence-corrected chi connectivity index (χ0v) is 17.8. The van der Waals surface area contributed by atoms with Gasteiger partial charge in [0, 0.05) is 11.4 Å². The second kappa shape index (κ2) is 10.6. The van der Waals surface area contributed by atoms with Crippen LogP contribution in [-0.4, -0.2) is 19.6 Å². The molecule has 0 aliphatic heterocycles. The molecule has 1 heterocycles. The second-order valence-electron chi connectivity index (χ2n) is 5.38. The van der Waals surface area contributed by atoms with E-state index < -0.39 is 0 Å². The molecule has 2 aromatic rings. The molecule has 2 N–H and O–H groups in total. The van der Waals surface area contributed by atoms with E-state index in [1.807, 2.05) is 6.07 Å². The third-order valence-corrected chi connectivity index (χ3v) is 4.63. The van der Waals surface area contributed by atoms with E-state index in [2.05, 4.69) is 60.0 Å². The van der Waals surface area contributed by atoms with Gasteiger partial charge in [-0.25, -0.2) is 4.99 Å². The van der Waals surface area contributed by atoms with Gasteiger partial charge in [-0.1, -0.05) is 12.1 Å². The fourth-order valence-corrected chi connectivity index (χ4v) is 3.15. The number of nitrogens with one attached hydrogen (secondary N) is 2. The molecule has 0 fully saturated rings. The first kappa shape index (κ1) is 20.8. The maximum atomic E-state index is 5.30. The first-order valence-corrected chi connectivity index (χ1v) is 8.70. The van der Waals surface area contributed by atoms with Gasteiger partial charge in [-0.2, -0.15) is 0 Å². The summed E-state index contributed by atoms with van der Waals surface area (Å²) in [7, 11) is 1.69. The lowest BCUT2D eigenvalue weighted by Gasteiger charge is -2.11. The zero-order chi connectivity index (χ0) is 16.7. The average Bonchev–Trinajstić information content (AvgIpc) is 2.95. The first-order valence-electron chi connectivity index (χ1n) is 7.82.